The van der Waals surface area contributed by atoms with Crippen LogP contribution in [-0.4, -0.2) is 16.7 Å². The van der Waals surface area contributed by atoms with Gasteiger partial charge in [-0.05, 0) is 25.6 Å². The van der Waals surface area contributed by atoms with Crippen molar-refractivity contribution in [2.75, 3.05) is 11.9 Å². The molecule has 0 spiro atoms. The third-order valence-corrected chi connectivity index (χ3v) is 2.80. The Morgan fingerprint density at radius 1 is 1.24 bits per heavy atom. The normalized spacial score (nSPS) is 13.2. The van der Waals surface area contributed by atoms with Crippen LogP contribution in [0.25, 0.3) is 0 Å². The molecule has 0 amide bonds. The summed E-state index contributed by atoms with van der Waals surface area (Å²) < 4.78 is 43.9. The van der Waals surface area contributed by atoms with Crippen LogP contribution in [0.2, 0.25) is 0 Å². The van der Waals surface area contributed by atoms with Gasteiger partial charge >= 0.3 is 12.2 Å². The first-order valence-electron chi connectivity index (χ1n) is 6.42. The Morgan fingerprint density at radius 2 is 1.95 bits per heavy atom. The van der Waals surface area contributed by atoms with Gasteiger partial charge in [-0.2, -0.15) is 13.2 Å². The van der Waals surface area contributed by atoms with Crippen LogP contribution in [0.15, 0.2) is 28.7 Å². The molecule has 1 heterocycles. The molecule has 0 saturated carbocycles. The standard InChI is InChI=1S/C13H15F3N4O/c1-3-17-8(2)11-19-20-12(21-11)18-10-7-5-4-6-9(10)13(14,15)16/h4-8,17H,3H2,1-2H3,(H,18,20). The second kappa shape index (κ2) is 6.13. The van der Waals surface area contributed by atoms with Gasteiger partial charge in [0, 0.05) is 0 Å². The smallest absolute Gasteiger partial charge is 0.406 e. The van der Waals surface area contributed by atoms with Crippen molar-refractivity contribution < 1.29 is 17.6 Å². The van der Waals surface area contributed by atoms with E-state index in [0.717, 1.165) is 6.07 Å². The number of nitrogens with zero attached hydrogens (tertiary/aromatic N) is 2. The highest BCUT2D eigenvalue weighted by molar-refractivity contribution is 5.58. The van der Waals surface area contributed by atoms with Crippen molar-refractivity contribution in [3.63, 3.8) is 0 Å². The molecule has 5 nitrogen and oxygen atoms in total. The Morgan fingerprint density at radius 3 is 2.62 bits per heavy atom. The van der Waals surface area contributed by atoms with Crippen LogP contribution >= 0.6 is 0 Å². The summed E-state index contributed by atoms with van der Waals surface area (Å²) in [5.41, 5.74) is -0.916. The molecule has 1 unspecified atom stereocenters. The minimum atomic E-state index is -4.45. The number of para-hydroxylation sites is 1. The van der Waals surface area contributed by atoms with E-state index in [2.05, 4.69) is 20.8 Å². The van der Waals surface area contributed by atoms with Crippen LogP contribution in [0.3, 0.4) is 0 Å². The minimum Gasteiger partial charge on any atom is -0.406 e. The summed E-state index contributed by atoms with van der Waals surface area (Å²) in [6, 6.07) is 4.86. The second-order valence-corrected chi connectivity index (χ2v) is 4.39. The van der Waals surface area contributed by atoms with Crippen molar-refractivity contribution >= 4 is 11.7 Å². The number of benzene rings is 1. The van der Waals surface area contributed by atoms with Crippen LogP contribution in [0.5, 0.6) is 0 Å². The van der Waals surface area contributed by atoms with Crippen LogP contribution in [-0.2, 0) is 6.18 Å². The molecule has 8 heteroatoms. The van der Waals surface area contributed by atoms with Gasteiger partial charge in [-0.1, -0.05) is 24.2 Å². The number of aromatic nitrogens is 2. The van der Waals surface area contributed by atoms with Crippen molar-refractivity contribution in [3.8, 4) is 0 Å². The quantitative estimate of drug-likeness (QED) is 0.885. The number of nitrogens with one attached hydrogen (secondary N) is 2. The van der Waals surface area contributed by atoms with Crippen LogP contribution in [0, 0.1) is 0 Å². The van der Waals surface area contributed by atoms with Gasteiger partial charge in [-0.3, -0.25) is 0 Å². The first-order chi connectivity index (χ1) is 9.91. The largest absolute Gasteiger partial charge is 0.418 e. The van der Waals surface area contributed by atoms with E-state index >= 15 is 0 Å². The maximum Gasteiger partial charge on any atom is 0.418 e. The van der Waals surface area contributed by atoms with E-state index in [9.17, 15) is 13.2 Å². The summed E-state index contributed by atoms with van der Waals surface area (Å²) in [7, 11) is 0. The van der Waals surface area contributed by atoms with Gasteiger partial charge < -0.3 is 15.1 Å². The third-order valence-electron chi connectivity index (χ3n) is 2.80. The molecule has 2 N–H and O–H groups in total. The molecule has 114 valence electrons. The fraction of sp³-hybridized carbons (Fsp3) is 0.385. The molecule has 0 radical (unpaired) electrons. The molecule has 1 atom stereocenters. The van der Waals surface area contributed by atoms with E-state index in [0.29, 0.717) is 12.4 Å². The van der Waals surface area contributed by atoms with Gasteiger partial charge in [-0.25, -0.2) is 0 Å². The molecule has 0 aliphatic heterocycles. The van der Waals surface area contributed by atoms with Gasteiger partial charge in [0.2, 0.25) is 5.89 Å². The first kappa shape index (κ1) is 15.3. The van der Waals surface area contributed by atoms with Crippen molar-refractivity contribution in [3.05, 3.63) is 35.7 Å². The Bertz CT molecular complexity index is 597. The Kier molecular flexibility index (Phi) is 4.46. The maximum atomic E-state index is 12.9. The van der Waals surface area contributed by atoms with Gasteiger partial charge in [0.1, 0.15) is 0 Å². The minimum absolute atomic E-state index is 0.0774. The first-order valence-corrected chi connectivity index (χ1v) is 6.42. The average Bonchev–Trinajstić information content (AvgIpc) is 2.87. The van der Waals surface area contributed by atoms with E-state index < -0.39 is 11.7 Å². The second-order valence-electron chi connectivity index (χ2n) is 4.39. The predicted octanol–water partition coefficient (Wildman–Crippen LogP) is 3.50. The van der Waals surface area contributed by atoms with Gasteiger partial charge in [-0.15, -0.1) is 5.10 Å². The highest BCUT2D eigenvalue weighted by atomic mass is 19.4. The van der Waals surface area contributed by atoms with Crippen LogP contribution < -0.4 is 10.6 Å². The summed E-state index contributed by atoms with van der Waals surface area (Å²) in [5.74, 6) is 0.309. The van der Waals surface area contributed by atoms with Gasteiger partial charge in [0.15, 0.2) is 0 Å². The van der Waals surface area contributed by atoms with Gasteiger partial charge in [0.05, 0.1) is 17.3 Å². The molecule has 21 heavy (non-hydrogen) atoms. The molecular formula is C13H15F3N4O. The zero-order valence-electron chi connectivity index (χ0n) is 11.5. The lowest BCUT2D eigenvalue weighted by Gasteiger charge is -2.12. The van der Waals surface area contributed by atoms with E-state index in [1.165, 1.54) is 18.2 Å². The summed E-state index contributed by atoms with van der Waals surface area (Å²) >= 11 is 0. The number of alkyl halides is 3. The molecule has 0 fully saturated rings. The molecule has 0 bridgehead atoms. The summed E-state index contributed by atoms with van der Waals surface area (Å²) in [6.45, 7) is 4.46. The summed E-state index contributed by atoms with van der Waals surface area (Å²) in [6.07, 6.45) is -4.45. The molecule has 1 aromatic heterocycles. The molecule has 2 aromatic rings. The van der Waals surface area contributed by atoms with E-state index in [1.54, 1.807) is 0 Å². The fourth-order valence-corrected chi connectivity index (χ4v) is 1.81. The third kappa shape index (κ3) is 3.72. The molecule has 0 aliphatic carbocycles. The summed E-state index contributed by atoms with van der Waals surface area (Å²) in [5, 5.41) is 13.1. The zero-order chi connectivity index (χ0) is 15.5. The lowest BCUT2D eigenvalue weighted by Crippen LogP contribution is -2.17. The van der Waals surface area contributed by atoms with E-state index in [-0.39, 0.29) is 17.7 Å². The zero-order valence-corrected chi connectivity index (χ0v) is 11.5. The highest BCUT2D eigenvalue weighted by Crippen LogP contribution is 2.35. The maximum absolute atomic E-state index is 12.9. The van der Waals surface area contributed by atoms with Gasteiger partial charge in [0.25, 0.3) is 0 Å². The van der Waals surface area contributed by atoms with Crippen molar-refractivity contribution in [1.82, 2.24) is 15.5 Å². The molecule has 0 saturated heterocycles. The topological polar surface area (TPSA) is 63.0 Å². The number of hydrogen-bond donors (Lipinski definition) is 2. The number of anilines is 2. The lowest BCUT2D eigenvalue weighted by atomic mass is 10.2. The van der Waals surface area contributed by atoms with Crippen molar-refractivity contribution in [2.45, 2.75) is 26.1 Å². The molecular weight excluding hydrogens is 285 g/mol. The predicted molar refractivity (Wildman–Crippen MR) is 71.1 cm³/mol. The number of halogens is 3. The van der Waals surface area contributed by atoms with Crippen LogP contribution in [0.1, 0.15) is 31.3 Å². The SMILES string of the molecule is CCNC(C)c1nnc(Nc2ccccc2C(F)(F)F)o1. The molecule has 0 aliphatic rings. The highest BCUT2D eigenvalue weighted by Gasteiger charge is 2.33. The fourth-order valence-electron chi connectivity index (χ4n) is 1.81. The van der Waals surface area contributed by atoms with Crippen molar-refractivity contribution in [2.24, 2.45) is 0 Å². The molecule has 1 aromatic carbocycles. The number of hydrogen-bond acceptors (Lipinski definition) is 5. The lowest BCUT2D eigenvalue weighted by molar-refractivity contribution is -0.136. The van der Waals surface area contributed by atoms with E-state index in [4.69, 9.17) is 4.42 Å². The monoisotopic (exact) mass is 300 g/mol. The van der Waals surface area contributed by atoms with Crippen molar-refractivity contribution in [1.29, 1.82) is 0 Å². The summed E-state index contributed by atoms with van der Waals surface area (Å²) in [4.78, 5) is 0. The van der Waals surface area contributed by atoms with Crippen LogP contribution in [0.4, 0.5) is 24.9 Å². The average molecular weight is 300 g/mol. The Labute approximate surface area is 119 Å². The number of rotatable bonds is 5. The Balaban J connectivity index is 2.20. The van der Waals surface area contributed by atoms with E-state index in [1.807, 2.05) is 13.8 Å². The Hall–Kier alpha value is -2.09. The molecule has 2 rings (SSSR count).